The Morgan fingerprint density at radius 1 is 1.40 bits per heavy atom. The van der Waals surface area contributed by atoms with E-state index in [9.17, 15) is 0 Å². The first-order valence-corrected chi connectivity index (χ1v) is 7.32. The zero-order valence-corrected chi connectivity index (χ0v) is 13.2. The van der Waals surface area contributed by atoms with Gasteiger partial charge < -0.3 is 15.4 Å². The Labute approximate surface area is 126 Å². The SMILES string of the molecule is CCNC(=NCCc1ccccc1Cl)NC(C)COC. The second-order valence-electron chi connectivity index (χ2n) is 4.60. The summed E-state index contributed by atoms with van der Waals surface area (Å²) in [4.78, 5) is 4.55. The minimum absolute atomic E-state index is 0.220. The van der Waals surface area contributed by atoms with Crippen molar-refractivity contribution in [3.63, 3.8) is 0 Å². The van der Waals surface area contributed by atoms with Crippen LogP contribution in [0.5, 0.6) is 0 Å². The molecule has 0 aliphatic rings. The van der Waals surface area contributed by atoms with E-state index in [4.69, 9.17) is 16.3 Å². The summed E-state index contributed by atoms with van der Waals surface area (Å²) < 4.78 is 5.11. The molecular weight excluding hydrogens is 274 g/mol. The van der Waals surface area contributed by atoms with Crippen molar-refractivity contribution in [3.05, 3.63) is 34.9 Å². The molecule has 1 aromatic rings. The predicted molar refractivity (Wildman–Crippen MR) is 85.6 cm³/mol. The van der Waals surface area contributed by atoms with E-state index in [0.29, 0.717) is 13.2 Å². The fourth-order valence-corrected chi connectivity index (χ4v) is 2.06. The molecule has 0 spiro atoms. The average Bonchev–Trinajstić information content (AvgIpc) is 2.41. The number of benzene rings is 1. The van der Waals surface area contributed by atoms with E-state index in [1.54, 1.807) is 7.11 Å². The van der Waals surface area contributed by atoms with Crippen LogP contribution in [0.25, 0.3) is 0 Å². The first kappa shape index (κ1) is 16.8. The number of halogens is 1. The third kappa shape index (κ3) is 6.26. The molecule has 1 rings (SSSR count). The van der Waals surface area contributed by atoms with Gasteiger partial charge in [-0.2, -0.15) is 0 Å². The van der Waals surface area contributed by atoms with Crippen LogP contribution in [-0.2, 0) is 11.2 Å². The molecule has 0 amide bonds. The average molecular weight is 298 g/mol. The van der Waals surface area contributed by atoms with E-state index in [0.717, 1.165) is 29.5 Å². The normalized spacial score (nSPS) is 13.1. The third-order valence-electron chi connectivity index (χ3n) is 2.75. The van der Waals surface area contributed by atoms with E-state index >= 15 is 0 Å². The molecule has 0 aromatic heterocycles. The summed E-state index contributed by atoms with van der Waals surface area (Å²) in [5.74, 6) is 0.809. The fourth-order valence-electron chi connectivity index (χ4n) is 1.83. The van der Waals surface area contributed by atoms with Gasteiger partial charge in [-0.15, -0.1) is 0 Å². The molecule has 0 saturated heterocycles. The van der Waals surface area contributed by atoms with Crippen LogP contribution in [0.2, 0.25) is 5.02 Å². The maximum absolute atomic E-state index is 6.13. The second kappa shape index (κ2) is 9.61. The molecule has 1 unspecified atom stereocenters. The van der Waals surface area contributed by atoms with Gasteiger partial charge in [-0.05, 0) is 31.9 Å². The first-order chi connectivity index (χ1) is 9.67. The Balaban J connectivity index is 2.52. The molecule has 0 radical (unpaired) electrons. The van der Waals surface area contributed by atoms with E-state index in [-0.39, 0.29) is 6.04 Å². The summed E-state index contributed by atoms with van der Waals surface area (Å²) in [7, 11) is 1.69. The van der Waals surface area contributed by atoms with Crippen molar-refractivity contribution in [3.8, 4) is 0 Å². The first-order valence-electron chi connectivity index (χ1n) is 6.94. The molecule has 112 valence electrons. The second-order valence-corrected chi connectivity index (χ2v) is 5.01. The molecule has 0 heterocycles. The molecule has 1 aromatic carbocycles. The Morgan fingerprint density at radius 2 is 2.15 bits per heavy atom. The Kier molecular flexibility index (Phi) is 8.07. The van der Waals surface area contributed by atoms with Gasteiger partial charge in [0.1, 0.15) is 0 Å². The van der Waals surface area contributed by atoms with Gasteiger partial charge in [0.05, 0.1) is 6.61 Å². The molecule has 0 bridgehead atoms. The van der Waals surface area contributed by atoms with Crippen molar-refractivity contribution >= 4 is 17.6 Å². The largest absolute Gasteiger partial charge is 0.383 e. The Hall–Kier alpha value is -1.26. The number of aliphatic imine (C=N–C) groups is 1. The minimum atomic E-state index is 0.220. The van der Waals surface area contributed by atoms with Crippen LogP contribution in [-0.4, -0.2) is 38.8 Å². The molecule has 0 fully saturated rings. The quantitative estimate of drug-likeness (QED) is 0.600. The molecule has 2 N–H and O–H groups in total. The number of guanidine groups is 1. The third-order valence-corrected chi connectivity index (χ3v) is 3.12. The standard InChI is InChI=1S/C15H24ClN3O/c1-4-17-15(19-12(2)11-20-3)18-10-9-13-7-5-6-8-14(13)16/h5-8,12H,4,9-11H2,1-3H3,(H2,17,18,19). The van der Waals surface area contributed by atoms with E-state index in [1.807, 2.05) is 31.2 Å². The van der Waals surface area contributed by atoms with Gasteiger partial charge in [0.25, 0.3) is 0 Å². The van der Waals surface area contributed by atoms with Crippen LogP contribution in [0.1, 0.15) is 19.4 Å². The lowest BCUT2D eigenvalue weighted by Crippen LogP contribution is -2.44. The Morgan fingerprint density at radius 3 is 2.80 bits per heavy atom. The van der Waals surface area contributed by atoms with Crippen LogP contribution in [0, 0.1) is 0 Å². The highest BCUT2D eigenvalue weighted by atomic mass is 35.5. The van der Waals surface area contributed by atoms with Crippen molar-refractivity contribution in [2.24, 2.45) is 4.99 Å². The smallest absolute Gasteiger partial charge is 0.191 e. The van der Waals surface area contributed by atoms with E-state index < -0.39 is 0 Å². The summed E-state index contributed by atoms with van der Waals surface area (Å²) in [6.45, 7) is 6.28. The fraction of sp³-hybridized carbons (Fsp3) is 0.533. The van der Waals surface area contributed by atoms with Gasteiger partial charge in [0.15, 0.2) is 5.96 Å². The van der Waals surface area contributed by atoms with Crippen molar-refractivity contribution < 1.29 is 4.74 Å². The number of nitrogens with one attached hydrogen (secondary N) is 2. The molecule has 20 heavy (non-hydrogen) atoms. The molecule has 1 atom stereocenters. The zero-order chi connectivity index (χ0) is 14.8. The minimum Gasteiger partial charge on any atom is -0.383 e. The highest BCUT2D eigenvalue weighted by Crippen LogP contribution is 2.15. The lowest BCUT2D eigenvalue weighted by molar-refractivity contribution is 0.179. The van der Waals surface area contributed by atoms with Crippen LogP contribution in [0.4, 0.5) is 0 Å². The highest BCUT2D eigenvalue weighted by Gasteiger charge is 2.04. The topological polar surface area (TPSA) is 45.7 Å². The number of rotatable bonds is 7. The molecule has 5 heteroatoms. The van der Waals surface area contributed by atoms with Gasteiger partial charge in [-0.25, -0.2) is 0 Å². The summed E-state index contributed by atoms with van der Waals surface area (Å²) in [6, 6.07) is 8.09. The molecule has 0 aliphatic carbocycles. The van der Waals surface area contributed by atoms with Crippen molar-refractivity contribution in [2.45, 2.75) is 26.3 Å². The molecule has 0 aliphatic heterocycles. The zero-order valence-electron chi connectivity index (χ0n) is 12.4. The van der Waals surface area contributed by atoms with Gasteiger partial charge >= 0.3 is 0 Å². The van der Waals surface area contributed by atoms with Crippen LogP contribution in [0.15, 0.2) is 29.3 Å². The number of methoxy groups -OCH3 is 1. The van der Waals surface area contributed by atoms with Gasteiger partial charge in [-0.3, -0.25) is 4.99 Å². The summed E-state index contributed by atoms with van der Waals surface area (Å²) in [5, 5.41) is 7.32. The number of hydrogen-bond donors (Lipinski definition) is 2. The predicted octanol–water partition coefficient (Wildman–Crippen LogP) is 2.47. The summed E-state index contributed by atoms with van der Waals surface area (Å²) in [5.41, 5.74) is 1.12. The van der Waals surface area contributed by atoms with Crippen molar-refractivity contribution in [1.82, 2.24) is 10.6 Å². The maximum atomic E-state index is 6.13. The van der Waals surface area contributed by atoms with Crippen molar-refractivity contribution in [2.75, 3.05) is 26.8 Å². The molecule has 0 saturated carbocycles. The van der Waals surface area contributed by atoms with E-state index in [2.05, 4.69) is 22.5 Å². The maximum Gasteiger partial charge on any atom is 0.191 e. The molecular formula is C15H24ClN3O. The lowest BCUT2D eigenvalue weighted by atomic mass is 10.1. The Bertz CT molecular complexity index is 423. The van der Waals surface area contributed by atoms with Gasteiger partial charge in [0.2, 0.25) is 0 Å². The van der Waals surface area contributed by atoms with Crippen molar-refractivity contribution in [1.29, 1.82) is 0 Å². The number of nitrogens with zero attached hydrogens (tertiary/aromatic N) is 1. The van der Waals surface area contributed by atoms with Gasteiger partial charge in [0, 0.05) is 31.3 Å². The monoisotopic (exact) mass is 297 g/mol. The molecule has 4 nitrogen and oxygen atoms in total. The lowest BCUT2D eigenvalue weighted by Gasteiger charge is -2.17. The summed E-state index contributed by atoms with van der Waals surface area (Å²) in [6.07, 6.45) is 0.828. The van der Waals surface area contributed by atoms with E-state index in [1.165, 1.54) is 0 Å². The van der Waals surface area contributed by atoms with Crippen LogP contribution < -0.4 is 10.6 Å². The van der Waals surface area contributed by atoms with Gasteiger partial charge in [-0.1, -0.05) is 29.8 Å². The van der Waals surface area contributed by atoms with Crippen LogP contribution >= 0.6 is 11.6 Å². The van der Waals surface area contributed by atoms with Crippen LogP contribution in [0.3, 0.4) is 0 Å². The number of ether oxygens (including phenoxy) is 1. The summed E-state index contributed by atoms with van der Waals surface area (Å²) >= 11 is 6.13. The highest BCUT2D eigenvalue weighted by molar-refractivity contribution is 6.31. The number of hydrogen-bond acceptors (Lipinski definition) is 2.